The Hall–Kier alpha value is -3.42. The Morgan fingerprint density at radius 3 is 2.70 bits per heavy atom. The highest BCUT2D eigenvalue weighted by Gasteiger charge is 2.17. The fourth-order valence-electron chi connectivity index (χ4n) is 2.52. The lowest BCUT2D eigenvalue weighted by Crippen LogP contribution is -2.28. The lowest BCUT2D eigenvalue weighted by atomic mass is 10.2. The highest BCUT2D eigenvalue weighted by Crippen LogP contribution is 2.23. The van der Waals surface area contributed by atoms with E-state index >= 15 is 0 Å². The summed E-state index contributed by atoms with van der Waals surface area (Å²) in [4.78, 5) is 29.2. The van der Waals surface area contributed by atoms with Gasteiger partial charge in [0.05, 0.1) is 12.8 Å². The molecule has 0 aliphatic rings. The molecule has 8 nitrogen and oxygen atoms in total. The van der Waals surface area contributed by atoms with Crippen molar-refractivity contribution in [1.82, 2.24) is 14.7 Å². The summed E-state index contributed by atoms with van der Waals surface area (Å²) in [6.45, 7) is 3.67. The van der Waals surface area contributed by atoms with Crippen LogP contribution in [0, 0.1) is 0 Å². The number of carbonyl (C=O) groups excluding carboxylic acids is 1. The molecule has 3 aromatic rings. The molecule has 1 N–H and O–H groups in total. The van der Waals surface area contributed by atoms with E-state index in [1.807, 2.05) is 13.8 Å². The first-order valence-corrected chi connectivity index (χ1v) is 8.46. The van der Waals surface area contributed by atoms with Crippen LogP contribution in [0.4, 0.5) is 5.69 Å². The quantitative estimate of drug-likeness (QED) is 0.718. The van der Waals surface area contributed by atoms with E-state index in [-0.39, 0.29) is 29.8 Å². The normalized spacial score (nSPS) is 10.8. The van der Waals surface area contributed by atoms with Crippen molar-refractivity contribution in [2.75, 3.05) is 12.4 Å². The van der Waals surface area contributed by atoms with Crippen LogP contribution in [0.5, 0.6) is 5.75 Å². The first-order chi connectivity index (χ1) is 13.0. The van der Waals surface area contributed by atoms with Crippen LogP contribution in [0.15, 0.2) is 51.8 Å². The van der Waals surface area contributed by atoms with Crippen LogP contribution in [0.25, 0.3) is 11.6 Å². The van der Waals surface area contributed by atoms with Crippen molar-refractivity contribution in [2.24, 2.45) is 0 Å². The molecule has 0 spiro atoms. The Balaban J connectivity index is 1.88. The summed E-state index contributed by atoms with van der Waals surface area (Å²) in [5.41, 5.74) is 0.569. The van der Waals surface area contributed by atoms with E-state index < -0.39 is 0 Å². The monoisotopic (exact) mass is 368 g/mol. The molecule has 0 aliphatic heterocycles. The summed E-state index contributed by atoms with van der Waals surface area (Å²) in [7, 11) is 1.52. The van der Waals surface area contributed by atoms with Crippen LogP contribution in [-0.2, 0) is 11.3 Å². The van der Waals surface area contributed by atoms with E-state index in [4.69, 9.17) is 9.26 Å². The smallest absolute Gasteiger partial charge is 0.274 e. The third kappa shape index (κ3) is 4.05. The Morgan fingerprint density at radius 1 is 1.22 bits per heavy atom. The molecule has 3 rings (SSSR count). The van der Waals surface area contributed by atoms with Crippen LogP contribution in [0.2, 0.25) is 0 Å². The number of methoxy groups -OCH3 is 1. The topological polar surface area (TPSA) is 99.2 Å². The molecule has 0 atom stereocenters. The maximum absolute atomic E-state index is 12.5. The largest absolute Gasteiger partial charge is 0.495 e. The van der Waals surface area contributed by atoms with Gasteiger partial charge in [-0.3, -0.25) is 14.2 Å². The number of benzene rings is 1. The van der Waals surface area contributed by atoms with E-state index in [1.54, 1.807) is 36.4 Å². The van der Waals surface area contributed by atoms with E-state index in [0.29, 0.717) is 23.0 Å². The molecule has 0 saturated carbocycles. The van der Waals surface area contributed by atoms with E-state index in [0.717, 1.165) is 0 Å². The number of nitrogens with zero attached hydrogens (tertiary/aromatic N) is 3. The molecule has 0 bridgehead atoms. The fraction of sp³-hybridized carbons (Fsp3) is 0.263. The Bertz CT molecular complexity index is 1010. The van der Waals surface area contributed by atoms with Gasteiger partial charge < -0.3 is 14.6 Å². The highest BCUT2D eigenvalue weighted by atomic mass is 16.5. The number of aromatic nitrogens is 3. The molecule has 2 heterocycles. The van der Waals surface area contributed by atoms with Gasteiger partial charge in [0.25, 0.3) is 11.4 Å². The minimum atomic E-state index is -0.377. The number of amides is 1. The summed E-state index contributed by atoms with van der Waals surface area (Å²) in [6, 6.07) is 11.7. The highest BCUT2D eigenvalue weighted by molar-refractivity contribution is 5.92. The van der Waals surface area contributed by atoms with Crippen LogP contribution >= 0.6 is 0 Å². The van der Waals surface area contributed by atoms with Crippen molar-refractivity contribution >= 4 is 11.6 Å². The van der Waals surface area contributed by atoms with Gasteiger partial charge in [-0.2, -0.15) is 4.98 Å². The van der Waals surface area contributed by atoms with Crippen molar-refractivity contribution in [3.8, 4) is 17.3 Å². The first kappa shape index (κ1) is 18.4. The number of ether oxygens (including phenoxy) is 1. The Morgan fingerprint density at radius 2 is 2.00 bits per heavy atom. The van der Waals surface area contributed by atoms with Gasteiger partial charge in [-0.25, -0.2) is 0 Å². The van der Waals surface area contributed by atoms with Gasteiger partial charge in [0.1, 0.15) is 18.0 Å². The summed E-state index contributed by atoms with van der Waals surface area (Å²) in [5.74, 6) is 0.968. The molecule has 0 unspecified atom stereocenters. The second-order valence-corrected chi connectivity index (χ2v) is 6.20. The van der Waals surface area contributed by atoms with Crippen molar-refractivity contribution in [1.29, 1.82) is 0 Å². The molecule has 1 amide bonds. The van der Waals surface area contributed by atoms with Gasteiger partial charge in [-0.1, -0.05) is 37.2 Å². The number of pyridine rings is 1. The molecule has 2 aromatic heterocycles. The number of hydrogen-bond acceptors (Lipinski definition) is 6. The van der Waals surface area contributed by atoms with Crippen molar-refractivity contribution in [3.63, 3.8) is 0 Å². The van der Waals surface area contributed by atoms with Gasteiger partial charge >= 0.3 is 0 Å². The summed E-state index contributed by atoms with van der Waals surface area (Å²) >= 11 is 0. The summed E-state index contributed by atoms with van der Waals surface area (Å²) in [5, 5.41) is 6.66. The predicted octanol–water partition coefficient (Wildman–Crippen LogP) is 2.67. The zero-order chi connectivity index (χ0) is 19.4. The number of para-hydroxylation sites is 2. The standard InChI is InChI=1S/C19H20N4O4/c1-12(2)18-21-19(27-22-18)14-8-6-10-17(25)23(14)11-16(24)20-13-7-4-5-9-15(13)26-3/h4-10,12H,11H2,1-3H3,(H,20,24). The second kappa shape index (κ2) is 7.86. The molecular weight excluding hydrogens is 348 g/mol. The first-order valence-electron chi connectivity index (χ1n) is 8.46. The minimum Gasteiger partial charge on any atom is -0.495 e. The maximum atomic E-state index is 12.5. The number of carbonyl (C=O) groups is 1. The molecule has 27 heavy (non-hydrogen) atoms. The van der Waals surface area contributed by atoms with E-state index in [2.05, 4.69) is 15.5 Å². The van der Waals surface area contributed by atoms with Gasteiger partial charge in [0, 0.05) is 12.0 Å². The third-order valence-electron chi connectivity index (χ3n) is 3.91. The number of anilines is 1. The number of rotatable bonds is 6. The molecule has 0 fully saturated rings. The lowest BCUT2D eigenvalue weighted by molar-refractivity contribution is -0.116. The molecule has 0 aliphatic carbocycles. The molecular formula is C19H20N4O4. The minimum absolute atomic E-state index is 0.0835. The third-order valence-corrected chi connectivity index (χ3v) is 3.91. The van der Waals surface area contributed by atoms with Crippen molar-refractivity contribution in [3.05, 3.63) is 58.6 Å². The molecule has 140 valence electrons. The predicted molar refractivity (Wildman–Crippen MR) is 99.7 cm³/mol. The van der Waals surface area contributed by atoms with Crippen molar-refractivity contribution in [2.45, 2.75) is 26.3 Å². The number of hydrogen-bond donors (Lipinski definition) is 1. The van der Waals surface area contributed by atoms with Crippen LogP contribution in [0.1, 0.15) is 25.6 Å². The van der Waals surface area contributed by atoms with Crippen LogP contribution in [0.3, 0.4) is 0 Å². The summed E-state index contributed by atoms with van der Waals surface area (Å²) in [6.07, 6.45) is 0. The summed E-state index contributed by atoms with van der Waals surface area (Å²) < 4.78 is 11.8. The van der Waals surface area contributed by atoms with Crippen molar-refractivity contribution < 1.29 is 14.1 Å². The van der Waals surface area contributed by atoms with Crippen LogP contribution < -0.4 is 15.6 Å². The maximum Gasteiger partial charge on any atom is 0.274 e. The zero-order valence-electron chi connectivity index (χ0n) is 15.3. The number of nitrogens with one attached hydrogen (secondary N) is 1. The van der Waals surface area contributed by atoms with Gasteiger partial charge in [0.2, 0.25) is 5.91 Å². The molecule has 1 aromatic carbocycles. The molecule has 0 saturated heterocycles. The fourth-order valence-corrected chi connectivity index (χ4v) is 2.52. The molecule has 0 radical (unpaired) electrons. The van der Waals surface area contributed by atoms with E-state index in [9.17, 15) is 9.59 Å². The average Bonchev–Trinajstić information content (AvgIpc) is 3.14. The average molecular weight is 368 g/mol. The van der Waals surface area contributed by atoms with E-state index in [1.165, 1.54) is 17.7 Å². The lowest BCUT2D eigenvalue weighted by Gasteiger charge is -2.12. The second-order valence-electron chi connectivity index (χ2n) is 6.20. The zero-order valence-corrected chi connectivity index (χ0v) is 15.3. The Labute approximate surface area is 155 Å². The van der Waals surface area contributed by atoms with Gasteiger partial charge in [-0.15, -0.1) is 0 Å². The Kier molecular flexibility index (Phi) is 5.35. The van der Waals surface area contributed by atoms with Gasteiger partial charge in [-0.05, 0) is 18.2 Å². The molecule has 8 heteroatoms. The van der Waals surface area contributed by atoms with Gasteiger partial charge in [0.15, 0.2) is 5.82 Å². The van der Waals surface area contributed by atoms with Crippen LogP contribution in [-0.4, -0.2) is 27.7 Å². The SMILES string of the molecule is COc1ccccc1NC(=O)Cn1c(-c2nc(C(C)C)no2)cccc1=O.